The second kappa shape index (κ2) is 7.68. The quantitative estimate of drug-likeness (QED) is 0.716. The molecule has 0 bridgehead atoms. The number of carboxylic acid groups (broad SMARTS) is 1. The molecule has 0 aliphatic carbocycles. The number of likely N-dealkylation sites (N-methyl/N-ethyl adjacent to an activating group) is 1. The van der Waals surface area contributed by atoms with Crippen molar-refractivity contribution in [2.45, 2.75) is 20.3 Å². The lowest BCUT2D eigenvalue weighted by molar-refractivity contribution is 0.0692. The van der Waals surface area contributed by atoms with E-state index in [2.05, 4.69) is 10.3 Å². The molecule has 0 atom stereocenters. The minimum Gasteiger partial charge on any atom is -0.477 e. The molecular formula is C14H24N4O3. The van der Waals surface area contributed by atoms with Crippen molar-refractivity contribution in [3.8, 4) is 0 Å². The van der Waals surface area contributed by atoms with Crippen molar-refractivity contribution in [1.82, 2.24) is 14.8 Å². The lowest BCUT2D eigenvalue weighted by atomic mass is 10.3. The van der Waals surface area contributed by atoms with E-state index in [1.54, 1.807) is 17.9 Å². The molecular weight excluding hydrogens is 272 g/mol. The molecule has 0 aliphatic heterocycles. The summed E-state index contributed by atoms with van der Waals surface area (Å²) in [4.78, 5) is 29.8. The van der Waals surface area contributed by atoms with Gasteiger partial charge in [-0.3, -0.25) is 0 Å². The maximum atomic E-state index is 12.3. The molecule has 0 aliphatic rings. The van der Waals surface area contributed by atoms with Gasteiger partial charge in [0.2, 0.25) is 0 Å². The summed E-state index contributed by atoms with van der Waals surface area (Å²) < 4.78 is 0. The molecule has 118 valence electrons. The molecule has 1 aromatic heterocycles. The van der Waals surface area contributed by atoms with Gasteiger partial charge in [0.15, 0.2) is 0 Å². The fourth-order valence-electron chi connectivity index (χ4n) is 1.96. The average molecular weight is 296 g/mol. The molecule has 2 amide bonds. The predicted molar refractivity (Wildman–Crippen MR) is 81.9 cm³/mol. The van der Waals surface area contributed by atoms with E-state index in [0.717, 1.165) is 13.0 Å². The van der Waals surface area contributed by atoms with Gasteiger partial charge in [-0.15, -0.1) is 0 Å². The third-order valence-corrected chi connectivity index (χ3v) is 3.01. The van der Waals surface area contributed by atoms with Crippen LogP contribution in [-0.2, 0) is 0 Å². The Balaban J connectivity index is 2.78. The highest BCUT2D eigenvalue weighted by Gasteiger charge is 2.18. The van der Waals surface area contributed by atoms with E-state index in [1.807, 2.05) is 25.9 Å². The van der Waals surface area contributed by atoms with Crippen LogP contribution in [0.15, 0.2) is 6.07 Å². The zero-order valence-corrected chi connectivity index (χ0v) is 13.1. The van der Waals surface area contributed by atoms with Gasteiger partial charge in [0.05, 0.1) is 5.69 Å². The Hall–Kier alpha value is -2.02. The molecule has 1 rings (SSSR count). The summed E-state index contributed by atoms with van der Waals surface area (Å²) in [7, 11) is 3.89. The third-order valence-electron chi connectivity index (χ3n) is 3.01. The highest BCUT2D eigenvalue weighted by molar-refractivity contribution is 5.99. The van der Waals surface area contributed by atoms with Gasteiger partial charge in [-0.05, 0) is 33.5 Å². The van der Waals surface area contributed by atoms with E-state index in [1.165, 1.54) is 0 Å². The first-order chi connectivity index (χ1) is 9.85. The molecule has 1 heterocycles. The summed E-state index contributed by atoms with van der Waals surface area (Å²) in [5, 5.41) is 11.8. The number of H-pyrrole nitrogens is 1. The number of hydrogen-bond donors (Lipinski definition) is 3. The van der Waals surface area contributed by atoms with Crippen molar-refractivity contribution in [2.24, 2.45) is 0 Å². The number of hydrogen-bond acceptors (Lipinski definition) is 3. The van der Waals surface area contributed by atoms with Crippen LogP contribution in [0.1, 0.15) is 29.5 Å². The minimum atomic E-state index is -1.09. The van der Waals surface area contributed by atoms with Crippen LogP contribution < -0.4 is 5.32 Å². The summed E-state index contributed by atoms with van der Waals surface area (Å²) in [6.07, 6.45) is 0.846. The number of carbonyl (C=O) groups excluding carboxylic acids is 1. The molecule has 0 aromatic carbocycles. The summed E-state index contributed by atoms with van der Waals surface area (Å²) in [6, 6.07) is 1.34. The number of amides is 2. The Morgan fingerprint density at radius 3 is 2.48 bits per heavy atom. The number of anilines is 1. The number of nitrogens with one attached hydrogen (secondary N) is 2. The Labute approximate surface area is 124 Å². The number of carboxylic acids is 1. The summed E-state index contributed by atoms with van der Waals surface area (Å²) in [6.45, 7) is 5.73. The van der Waals surface area contributed by atoms with Crippen molar-refractivity contribution in [3.05, 3.63) is 17.5 Å². The molecule has 0 radical (unpaired) electrons. The van der Waals surface area contributed by atoms with Gasteiger partial charge in [-0.1, -0.05) is 6.92 Å². The maximum Gasteiger partial charge on any atom is 0.354 e. The number of aromatic nitrogens is 1. The van der Waals surface area contributed by atoms with Crippen molar-refractivity contribution >= 4 is 17.7 Å². The fourth-order valence-corrected chi connectivity index (χ4v) is 1.96. The summed E-state index contributed by atoms with van der Waals surface area (Å²) in [5.41, 5.74) is 0.999. The van der Waals surface area contributed by atoms with Crippen LogP contribution in [0, 0.1) is 6.92 Å². The number of nitrogens with zero attached hydrogens (tertiary/aromatic N) is 2. The third kappa shape index (κ3) is 5.11. The van der Waals surface area contributed by atoms with E-state index in [9.17, 15) is 9.59 Å². The average Bonchev–Trinajstić information content (AvgIpc) is 2.75. The zero-order chi connectivity index (χ0) is 16.0. The summed E-state index contributed by atoms with van der Waals surface area (Å²) in [5.74, 6) is -1.09. The smallest absolute Gasteiger partial charge is 0.354 e. The zero-order valence-electron chi connectivity index (χ0n) is 13.1. The van der Waals surface area contributed by atoms with Crippen LogP contribution in [0.3, 0.4) is 0 Å². The predicted octanol–water partition coefficient (Wildman–Crippen LogP) is 1.83. The van der Waals surface area contributed by atoms with E-state index in [-0.39, 0.29) is 11.7 Å². The number of rotatable bonds is 7. The number of aryl methyl sites for hydroxylation is 1. The number of urea groups is 1. The molecule has 0 saturated carbocycles. The van der Waals surface area contributed by atoms with Gasteiger partial charge < -0.3 is 25.2 Å². The van der Waals surface area contributed by atoms with Gasteiger partial charge in [-0.25, -0.2) is 9.59 Å². The van der Waals surface area contributed by atoms with Gasteiger partial charge in [0, 0.05) is 25.3 Å². The second-order valence-electron chi connectivity index (χ2n) is 5.27. The lowest BCUT2D eigenvalue weighted by Crippen LogP contribution is -2.40. The molecule has 0 spiro atoms. The van der Waals surface area contributed by atoms with Gasteiger partial charge in [0.25, 0.3) is 0 Å². The first-order valence-electron chi connectivity index (χ1n) is 6.98. The Kier molecular flexibility index (Phi) is 6.23. The molecule has 1 aromatic rings. The molecule has 0 fully saturated rings. The van der Waals surface area contributed by atoms with Crippen LogP contribution in [0.4, 0.5) is 10.5 Å². The van der Waals surface area contributed by atoms with Crippen LogP contribution >= 0.6 is 0 Å². The number of aromatic amines is 1. The highest BCUT2D eigenvalue weighted by atomic mass is 16.4. The molecule has 21 heavy (non-hydrogen) atoms. The number of carbonyl (C=O) groups is 2. The molecule has 0 unspecified atom stereocenters. The Morgan fingerprint density at radius 2 is 1.95 bits per heavy atom. The van der Waals surface area contributed by atoms with E-state index in [4.69, 9.17) is 5.11 Å². The first kappa shape index (κ1) is 17.0. The van der Waals surface area contributed by atoms with Crippen LogP contribution in [0.2, 0.25) is 0 Å². The minimum absolute atomic E-state index is 0.00454. The van der Waals surface area contributed by atoms with Crippen molar-refractivity contribution in [3.63, 3.8) is 0 Å². The van der Waals surface area contributed by atoms with Crippen LogP contribution in [-0.4, -0.2) is 65.6 Å². The largest absolute Gasteiger partial charge is 0.477 e. The van der Waals surface area contributed by atoms with Crippen LogP contribution in [0.5, 0.6) is 0 Å². The van der Waals surface area contributed by atoms with Crippen molar-refractivity contribution in [2.75, 3.05) is 39.0 Å². The molecule has 0 saturated heterocycles. The Bertz CT molecular complexity index is 496. The SMILES string of the molecule is CCCN(CCN(C)C)C(=O)Nc1cc(C)[nH]c1C(=O)O. The second-order valence-corrected chi connectivity index (χ2v) is 5.27. The number of aromatic carboxylic acids is 1. The summed E-state index contributed by atoms with van der Waals surface area (Å²) >= 11 is 0. The van der Waals surface area contributed by atoms with Gasteiger partial charge >= 0.3 is 12.0 Å². The maximum absolute atomic E-state index is 12.3. The van der Waals surface area contributed by atoms with Crippen molar-refractivity contribution in [1.29, 1.82) is 0 Å². The topological polar surface area (TPSA) is 88.7 Å². The van der Waals surface area contributed by atoms with Gasteiger partial charge in [-0.2, -0.15) is 0 Å². The van der Waals surface area contributed by atoms with E-state index in [0.29, 0.717) is 24.5 Å². The monoisotopic (exact) mass is 296 g/mol. The molecule has 7 nitrogen and oxygen atoms in total. The fraction of sp³-hybridized carbons (Fsp3) is 0.571. The Morgan fingerprint density at radius 1 is 1.29 bits per heavy atom. The standard InChI is InChI=1S/C14H24N4O3/c1-5-6-18(8-7-17(3)4)14(21)16-11-9-10(2)15-12(11)13(19)20/h9,15H,5-8H2,1-4H3,(H,16,21)(H,19,20). The van der Waals surface area contributed by atoms with Crippen LogP contribution in [0.25, 0.3) is 0 Å². The van der Waals surface area contributed by atoms with E-state index < -0.39 is 5.97 Å². The van der Waals surface area contributed by atoms with Crippen molar-refractivity contribution < 1.29 is 14.7 Å². The highest BCUT2D eigenvalue weighted by Crippen LogP contribution is 2.17. The molecule has 7 heteroatoms. The molecule has 3 N–H and O–H groups in total. The van der Waals surface area contributed by atoms with Gasteiger partial charge in [0.1, 0.15) is 5.69 Å². The first-order valence-corrected chi connectivity index (χ1v) is 6.98. The lowest BCUT2D eigenvalue weighted by Gasteiger charge is -2.24. The van der Waals surface area contributed by atoms with E-state index >= 15 is 0 Å². The normalized spacial score (nSPS) is 10.7.